The van der Waals surface area contributed by atoms with Crippen LogP contribution in [-0.4, -0.2) is 23.0 Å². The monoisotopic (exact) mass is 367 g/mol. The lowest BCUT2D eigenvalue weighted by molar-refractivity contribution is 0.260. The Bertz CT molecular complexity index is 917. The number of ether oxygens (including phenoxy) is 2. The topological polar surface area (TPSA) is 60.1 Å². The molecule has 0 aliphatic rings. The highest BCUT2D eigenvalue weighted by Gasteiger charge is 2.11. The van der Waals surface area contributed by atoms with Crippen molar-refractivity contribution in [3.05, 3.63) is 65.2 Å². The van der Waals surface area contributed by atoms with Gasteiger partial charge in [0.05, 0.1) is 35.5 Å². The molecule has 0 N–H and O–H groups in total. The van der Waals surface area contributed by atoms with E-state index in [0.717, 1.165) is 11.3 Å². The SMILES string of the molecule is CCOc1cc(-c2ccccc2)nn1CCOc1ccc(C#N)cc1Cl. The van der Waals surface area contributed by atoms with E-state index in [2.05, 4.69) is 5.10 Å². The molecular weight excluding hydrogens is 350 g/mol. The average molecular weight is 368 g/mol. The minimum atomic E-state index is 0.377. The van der Waals surface area contributed by atoms with Gasteiger partial charge in [-0.3, -0.25) is 0 Å². The number of rotatable bonds is 7. The average Bonchev–Trinajstić information content (AvgIpc) is 3.07. The highest BCUT2D eigenvalue weighted by atomic mass is 35.5. The van der Waals surface area contributed by atoms with Crippen LogP contribution in [0.2, 0.25) is 5.02 Å². The van der Waals surface area contributed by atoms with Crippen LogP contribution >= 0.6 is 11.6 Å². The Morgan fingerprint density at radius 3 is 2.62 bits per heavy atom. The van der Waals surface area contributed by atoms with Gasteiger partial charge in [-0.25, -0.2) is 4.68 Å². The van der Waals surface area contributed by atoms with E-state index in [1.807, 2.05) is 49.4 Å². The molecular formula is C20H18ClN3O2. The van der Waals surface area contributed by atoms with Crippen LogP contribution in [0.5, 0.6) is 11.6 Å². The van der Waals surface area contributed by atoms with E-state index in [-0.39, 0.29) is 0 Å². The first-order valence-electron chi connectivity index (χ1n) is 8.29. The minimum Gasteiger partial charge on any atom is -0.490 e. The molecule has 0 unspecified atom stereocenters. The highest BCUT2D eigenvalue weighted by molar-refractivity contribution is 6.32. The van der Waals surface area contributed by atoms with Crippen molar-refractivity contribution >= 4 is 11.6 Å². The smallest absolute Gasteiger partial charge is 0.212 e. The molecule has 1 aromatic heterocycles. The maximum atomic E-state index is 8.88. The third-order valence-corrected chi connectivity index (χ3v) is 4.02. The lowest BCUT2D eigenvalue weighted by Gasteiger charge is -2.10. The van der Waals surface area contributed by atoms with E-state index in [4.69, 9.17) is 26.3 Å². The van der Waals surface area contributed by atoms with Crippen molar-refractivity contribution in [2.24, 2.45) is 0 Å². The molecule has 6 heteroatoms. The van der Waals surface area contributed by atoms with E-state index < -0.39 is 0 Å². The molecule has 0 atom stereocenters. The molecule has 0 radical (unpaired) electrons. The summed E-state index contributed by atoms with van der Waals surface area (Å²) in [6, 6.07) is 18.9. The minimum absolute atomic E-state index is 0.377. The van der Waals surface area contributed by atoms with Gasteiger partial charge in [0, 0.05) is 11.6 Å². The quantitative estimate of drug-likeness (QED) is 0.614. The van der Waals surface area contributed by atoms with E-state index in [9.17, 15) is 0 Å². The summed E-state index contributed by atoms with van der Waals surface area (Å²) < 4.78 is 13.2. The first kappa shape index (κ1) is 17.8. The Kier molecular flexibility index (Phi) is 5.77. The second-order valence-corrected chi connectivity index (χ2v) is 5.90. The molecule has 26 heavy (non-hydrogen) atoms. The first-order chi connectivity index (χ1) is 12.7. The van der Waals surface area contributed by atoms with Gasteiger partial charge in [-0.1, -0.05) is 41.9 Å². The van der Waals surface area contributed by atoms with Crippen LogP contribution in [0.1, 0.15) is 12.5 Å². The van der Waals surface area contributed by atoms with Crippen molar-refractivity contribution in [3.8, 4) is 29.0 Å². The second-order valence-electron chi connectivity index (χ2n) is 5.50. The van der Waals surface area contributed by atoms with Gasteiger partial charge >= 0.3 is 0 Å². The maximum absolute atomic E-state index is 8.88. The van der Waals surface area contributed by atoms with Crippen LogP contribution < -0.4 is 9.47 Å². The van der Waals surface area contributed by atoms with Crippen LogP contribution in [-0.2, 0) is 6.54 Å². The van der Waals surface area contributed by atoms with Gasteiger partial charge in [0.2, 0.25) is 5.88 Å². The van der Waals surface area contributed by atoms with E-state index in [0.29, 0.717) is 42.0 Å². The van der Waals surface area contributed by atoms with E-state index >= 15 is 0 Å². The molecule has 0 bridgehead atoms. The van der Waals surface area contributed by atoms with Crippen LogP contribution in [0.25, 0.3) is 11.3 Å². The third-order valence-electron chi connectivity index (χ3n) is 3.73. The van der Waals surface area contributed by atoms with Crippen molar-refractivity contribution in [1.82, 2.24) is 9.78 Å². The van der Waals surface area contributed by atoms with Crippen molar-refractivity contribution in [3.63, 3.8) is 0 Å². The van der Waals surface area contributed by atoms with Gasteiger partial charge in [-0.2, -0.15) is 10.4 Å². The summed E-state index contributed by atoms with van der Waals surface area (Å²) in [5.74, 6) is 1.24. The Hall–Kier alpha value is -2.97. The number of nitriles is 1. The lowest BCUT2D eigenvalue weighted by Crippen LogP contribution is -2.11. The van der Waals surface area contributed by atoms with Gasteiger partial charge in [0.15, 0.2) is 0 Å². The standard InChI is InChI=1S/C20H18ClN3O2/c1-2-25-20-13-18(16-6-4-3-5-7-16)23-24(20)10-11-26-19-9-8-15(14-22)12-17(19)21/h3-9,12-13H,2,10-11H2,1H3. The van der Waals surface area contributed by atoms with Gasteiger partial charge < -0.3 is 9.47 Å². The number of halogens is 1. The molecule has 1 heterocycles. The van der Waals surface area contributed by atoms with Gasteiger partial charge in [0.1, 0.15) is 12.4 Å². The third kappa shape index (κ3) is 4.16. The summed E-state index contributed by atoms with van der Waals surface area (Å²) >= 11 is 6.13. The maximum Gasteiger partial charge on any atom is 0.212 e. The number of benzene rings is 2. The van der Waals surface area contributed by atoms with Crippen molar-refractivity contribution in [1.29, 1.82) is 5.26 Å². The van der Waals surface area contributed by atoms with Crippen molar-refractivity contribution in [2.45, 2.75) is 13.5 Å². The van der Waals surface area contributed by atoms with Gasteiger partial charge in [-0.05, 0) is 25.1 Å². The van der Waals surface area contributed by atoms with Crippen molar-refractivity contribution < 1.29 is 9.47 Å². The van der Waals surface area contributed by atoms with Crippen LogP contribution in [0.3, 0.4) is 0 Å². The molecule has 0 saturated carbocycles. The zero-order valence-corrected chi connectivity index (χ0v) is 15.1. The normalized spacial score (nSPS) is 10.3. The Balaban J connectivity index is 1.71. The van der Waals surface area contributed by atoms with E-state index in [1.165, 1.54) is 0 Å². The number of hydrogen-bond donors (Lipinski definition) is 0. The Morgan fingerprint density at radius 1 is 1.12 bits per heavy atom. The predicted molar refractivity (Wildman–Crippen MR) is 100 cm³/mol. The largest absolute Gasteiger partial charge is 0.490 e. The zero-order chi connectivity index (χ0) is 18.4. The molecule has 0 saturated heterocycles. The summed E-state index contributed by atoms with van der Waals surface area (Å²) in [7, 11) is 0. The Labute approximate surface area is 157 Å². The fourth-order valence-electron chi connectivity index (χ4n) is 2.50. The summed E-state index contributed by atoms with van der Waals surface area (Å²) in [5, 5.41) is 13.9. The van der Waals surface area contributed by atoms with Crippen LogP contribution in [0.4, 0.5) is 0 Å². The molecule has 3 aromatic rings. The first-order valence-corrected chi connectivity index (χ1v) is 8.67. The molecule has 132 valence electrons. The predicted octanol–water partition coefficient (Wildman–Crippen LogP) is 4.55. The van der Waals surface area contributed by atoms with Crippen molar-refractivity contribution in [2.75, 3.05) is 13.2 Å². The van der Waals surface area contributed by atoms with Gasteiger partial charge in [-0.15, -0.1) is 0 Å². The summed E-state index contributed by atoms with van der Waals surface area (Å²) in [4.78, 5) is 0. The molecule has 0 spiro atoms. The summed E-state index contributed by atoms with van der Waals surface area (Å²) in [6.45, 7) is 3.38. The molecule has 0 aliphatic heterocycles. The number of nitrogens with zero attached hydrogens (tertiary/aromatic N) is 3. The number of hydrogen-bond acceptors (Lipinski definition) is 4. The summed E-state index contributed by atoms with van der Waals surface area (Å²) in [5.41, 5.74) is 2.38. The second kappa shape index (κ2) is 8.41. The van der Waals surface area contributed by atoms with E-state index in [1.54, 1.807) is 22.9 Å². The summed E-state index contributed by atoms with van der Waals surface area (Å²) in [6.07, 6.45) is 0. The fourth-order valence-corrected chi connectivity index (χ4v) is 2.74. The molecule has 0 amide bonds. The molecule has 0 fully saturated rings. The molecule has 3 rings (SSSR count). The van der Waals surface area contributed by atoms with Gasteiger partial charge in [0.25, 0.3) is 0 Å². The molecule has 2 aromatic carbocycles. The number of aromatic nitrogens is 2. The van der Waals surface area contributed by atoms with Crippen LogP contribution in [0, 0.1) is 11.3 Å². The lowest BCUT2D eigenvalue weighted by atomic mass is 10.2. The zero-order valence-electron chi connectivity index (χ0n) is 14.4. The molecule has 5 nitrogen and oxygen atoms in total. The molecule has 0 aliphatic carbocycles. The van der Waals surface area contributed by atoms with Crippen LogP contribution in [0.15, 0.2) is 54.6 Å². The highest BCUT2D eigenvalue weighted by Crippen LogP contribution is 2.26. The fraction of sp³-hybridized carbons (Fsp3) is 0.200. The Morgan fingerprint density at radius 2 is 1.92 bits per heavy atom.